The van der Waals surface area contributed by atoms with E-state index in [1.807, 2.05) is 12.1 Å². The van der Waals surface area contributed by atoms with Crippen molar-refractivity contribution < 1.29 is 9.47 Å². The fourth-order valence-electron chi connectivity index (χ4n) is 2.01. The maximum Gasteiger partial charge on any atom is 0.233 e. The smallest absolute Gasteiger partial charge is 0.233 e. The Balaban J connectivity index is 1.49. The summed E-state index contributed by atoms with van der Waals surface area (Å²) in [6.45, 7) is 2.36. The van der Waals surface area contributed by atoms with E-state index in [-0.39, 0.29) is 6.10 Å². The zero-order chi connectivity index (χ0) is 12.2. The summed E-state index contributed by atoms with van der Waals surface area (Å²) in [7, 11) is 0. The Morgan fingerprint density at radius 1 is 1.17 bits per heavy atom. The molecule has 3 rings (SSSR count). The van der Waals surface area contributed by atoms with Gasteiger partial charge in [0.15, 0.2) is 0 Å². The number of ether oxygens (including phenoxy) is 2. The molecule has 5 heteroatoms. The molecule has 18 heavy (non-hydrogen) atoms. The molecule has 5 nitrogen and oxygen atoms in total. The van der Waals surface area contributed by atoms with Gasteiger partial charge < -0.3 is 14.8 Å². The minimum Gasteiger partial charge on any atom is -0.473 e. The maximum atomic E-state index is 5.77. The van der Waals surface area contributed by atoms with Crippen LogP contribution in [0.1, 0.15) is 31.4 Å². The van der Waals surface area contributed by atoms with Crippen LogP contribution in [-0.4, -0.2) is 35.6 Å². The lowest BCUT2D eigenvalue weighted by Crippen LogP contribution is -2.26. The van der Waals surface area contributed by atoms with E-state index >= 15 is 0 Å². The van der Waals surface area contributed by atoms with Crippen LogP contribution in [0.15, 0.2) is 12.1 Å². The second kappa shape index (κ2) is 5.63. The van der Waals surface area contributed by atoms with Crippen LogP contribution in [-0.2, 0) is 11.3 Å². The molecule has 0 bridgehead atoms. The summed E-state index contributed by atoms with van der Waals surface area (Å²) in [6, 6.07) is 4.59. The Labute approximate surface area is 107 Å². The third kappa shape index (κ3) is 3.40. The summed E-state index contributed by atoms with van der Waals surface area (Å²) in [5, 5.41) is 11.7. The molecular formula is C13H19N3O2. The third-order valence-electron chi connectivity index (χ3n) is 3.30. The molecule has 98 valence electrons. The molecule has 0 atom stereocenters. The Morgan fingerprint density at radius 3 is 2.67 bits per heavy atom. The van der Waals surface area contributed by atoms with E-state index < -0.39 is 0 Å². The Bertz CT molecular complexity index is 372. The first-order valence-corrected chi connectivity index (χ1v) is 6.70. The molecule has 0 aromatic carbocycles. The average Bonchev–Trinajstić information content (AvgIpc) is 3.23. The molecule has 2 heterocycles. The van der Waals surface area contributed by atoms with Crippen LogP contribution in [0.3, 0.4) is 0 Å². The zero-order valence-electron chi connectivity index (χ0n) is 10.5. The molecule has 1 saturated carbocycles. The molecule has 2 aliphatic rings. The Hall–Kier alpha value is -1.20. The quantitative estimate of drug-likeness (QED) is 0.852. The van der Waals surface area contributed by atoms with Crippen LogP contribution in [0, 0.1) is 0 Å². The van der Waals surface area contributed by atoms with Crippen molar-refractivity contribution in [2.75, 3.05) is 13.2 Å². The summed E-state index contributed by atoms with van der Waals surface area (Å²) in [5.41, 5.74) is 0.973. The second-order valence-electron chi connectivity index (χ2n) is 4.95. The number of hydrogen-bond donors (Lipinski definition) is 1. The van der Waals surface area contributed by atoms with Crippen molar-refractivity contribution in [3.8, 4) is 5.88 Å². The Kier molecular flexibility index (Phi) is 3.71. The molecule has 1 aliphatic heterocycles. The van der Waals surface area contributed by atoms with Gasteiger partial charge in [-0.15, -0.1) is 5.10 Å². The van der Waals surface area contributed by atoms with Crippen LogP contribution in [0.4, 0.5) is 0 Å². The van der Waals surface area contributed by atoms with Gasteiger partial charge in [0.25, 0.3) is 0 Å². The molecule has 1 aliphatic carbocycles. The second-order valence-corrected chi connectivity index (χ2v) is 4.95. The monoisotopic (exact) mass is 249 g/mol. The minimum absolute atomic E-state index is 0.225. The topological polar surface area (TPSA) is 56.3 Å². The van der Waals surface area contributed by atoms with Crippen LogP contribution in [0.25, 0.3) is 0 Å². The van der Waals surface area contributed by atoms with Gasteiger partial charge in [-0.3, -0.25) is 0 Å². The van der Waals surface area contributed by atoms with Crippen molar-refractivity contribution in [3.63, 3.8) is 0 Å². The fraction of sp³-hybridized carbons (Fsp3) is 0.692. The molecule has 0 amide bonds. The molecule has 0 radical (unpaired) electrons. The normalized spacial score (nSPS) is 20.9. The first kappa shape index (κ1) is 11.9. The van der Waals surface area contributed by atoms with Gasteiger partial charge in [-0.2, -0.15) is 5.10 Å². The summed E-state index contributed by atoms with van der Waals surface area (Å²) in [4.78, 5) is 0. The van der Waals surface area contributed by atoms with E-state index in [0.29, 0.717) is 11.9 Å². The highest BCUT2D eigenvalue weighted by molar-refractivity contribution is 5.12. The van der Waals surface area contributed by atoms with Gasteiger partial charge >= 0.3 is 0 Å². The lowest BCUT2D eigenvalue weighted by Gasteiger charge is -2.22. The summed E-state index contributed by atoms with van der Waals surface area (Å²) in [5.74, 6) is 0.622. The average molecular weight is 249 g/mol. The molecule has 2 fully saturated rings. The minimum atomic E-state index is 0.225. The lowest BCUT2D eigenvalue weighted by molar-refractivity contribution is 0.0233. The molecule has 0 spiro atoms. The van der Waals surface area contributed by atoms with Crippen LogP contribution in [0.2, 0.25) is 0 Å². The van der Waals surface area contributed by atoms with Gasteiger partial charge in [0.1, 0.15) is 6.10 Å². The zero-order valence-corrected chi connectivity index (χ0v) is 10.5. The van der Waals surface area contributed by atoms with Crippen molar-refractivity contribution in [1.82, 2.24) is 15.5 Å². The first-order valence-electron chi connectivity index (χ1n) is 6.70. The highest BCUT2D eigenvalue weighted by Crippen LogP contribution is 2.19. The fourth-order valence-corrected chi connectivity index (χ4v) is 2.01. The van der Waals surface area contributed by atoms with Crippen molar-refractivity contribution in [1.29, 1.82) is 0 Å². The number of hydrogen-bond acceptors (Lipinski definition) is 5. The highest BCUT2D eigenvalue weighted by Gasteiger charge is 2.20. The van der Waals surface area contributed by atoms with E-state index in [1.54, 1.807) is 0 Å². The van der Waals surface area contributed by atoms with Gasteiger partial charge in [-0.05, 0) is 18.9 Å². The number of aromatic nitrogens is 2. The van der Waals surface area contributed by atoms with Crippen LogP contribution >= 0.6 is 0 Å². The van der Waals surface area contributed by atoms with Crippen LogP contribution in [0.5, 0.6) is 5.88 Å². The SMILES string of the molecule is c1cc(OC2CCOCC2)nnc1CNC1CC1. The first-order chi connectivity index (χ1) is 8.90. The third-order valence-corrected chi connectivity index (χ3v) is 3.30. The number of rotatable bonds is 5. The van der Waals surface area contributed by atoms with E-state index in [2.05, 4.69) is 15.5 Å². The van der Waals surface area contributed by atoms with Crippen molar-refractivity contribution in [2.45, 2.75) is 44.4 Å². The summed E-state index contributed by atoms with van der Waals surface area (Å²) in [6.07, 6.45) is 4.68. The Morgan fingerprint density at radius 2 is 2.00 bits per heavy atom. The molecular weight excluding hydrogens is 230 g/mol. The van der Waals surface area contributed by atoms with Crippen molar-refractivity contribution in [2.24, 2.45) is 0 Å². The highest BCUT2D eigenvalue weighted by atomic mass is 16.5. The molecule has 0 unspecified atom stereocenters. The largest absolute Gasteiger partial charge is 0.473 e. The van der Waals surface area contributed by atoms with Crippen molar-refractivity contribution in [3.05, 3.63) is 17.8 Å². The molecule has 1 saturated heterocycles. The van der Waals surface area contributed by atoms with Crippen molar-refractivity contribution >= 4 is 0 Å². The predicted octanol–water partition coefficient (Wildman–Crippen LogP) is 1.29. The van der Waals surface area contributed by atoms with Gasteiger partial charge in [-0.1, -0.05) is 0 Å². The van der Waals surface area contributed by atoms with E-state index in [1.165, 1.54) is 12.8 Å². The van der Waals surface area contributed by atoms with Gasteiger partial charge in [0.05, 0.1) is 18.9 Å². The molecule has 1 aromatic rings. The van der Waals surface area contributed by atoms with Crippen LogP contribution < -0.4 is 10.1 Å². The standard InChI is InChI=1S/C13H19N3O2/c1-2-10(1)14-9-11-3-4-13(16-15-11)18-12-5-7-17-8-6-12/h3-4,10,12,14H,1-2,5-9H2. The van der Waals surface area contributed by atoms with E-state index in [9.17, 15) is 0 Å². The maximum absolute atomic E-state index is 5.77. The van der Waals surface area contributed by atoms with Gasteiger partial charge in [0.2, 0.25) is 5.88 Å². The summed E-state index contributed by atoms with van der Waals surface area (Å²) >= 11 is 0. The van der Waals surface area contributed by atoms with E-state index in [0.717, 1.165) is 38.3 Å². The van der Waals surface area contributed by atoms with E-state index in [4.69, 9.17) is 9.47 Å². The molecule has 1 N–H and O–H groups in total. The predicted molar refractivity (Wildman–Crippen MR) is 66.4 cm³/mol. The summed E-state index contributed by atoms with van der Waals surface area (Å²) < 4.78 is 11.1. The number of nitrogens with zero attached hydrogens (tertiary/aromatic N) is 2. The van der Waals surface area contributed by atoms with Gasteiger partial charge in [-0.25, -0.2) is 0 Å². The van der Waals surface area contributed by atoms with Gasteiger partial charge in [0, 0.05) is 31.5 Å². The lowest BCUT2D eigenvalue weighted by atomic mass is 10.2. The molecule has 1 aromatic heterocycles. The number of nitrogens with one attached hydrogen (secondary N) is 1.